The number of carboxylic acids is 1. The first-order chi connectivity index (χ1) is 6.68. The van der Waals surface area contributed by atoms with Gasteiger partial charge in [0.05, 0.1) is 5.70 Å². The van der Waals surface area contributed by atoms with Crippen LogP contribution in [0.15, 0.2) is 30.3 Å². The number of hydrogen-bond donors (Lipinski definition) is 2. The van der Waals surface area contributed by atoms with E-state index < -0.39 is 5.97 Å². The molecule has 1 aromatic carbocycles. The normalized spacial score (nSPS) is 16.6. The van der Waals surface area contributed by atoms with E-state index in [-0.39, 0.29) is 5.91 Å². The maximum absolute atomic E-state index is 11.3. The molecule has 0 bridgehead atoms. The molecular weight excluding hydrogens is 182 g/mol. The lowest BCUT2D eigenvalue weighted by Gasteiger charge is -1.95. The van der Waals surface area contributed by atoms with Crippen LogP contribution in [0.25, 0.3) is 5.70 Å². The number of carbonyl (C=O) groups excluding carboxylic acids is 1. The first-order valence-corrected chi connectivity index (χ1v) is 4.04. The lowest BCUT2D eigenvalue weighted by atomic mass is 10.1. The topological polar surface area (TPSA) is 66.4 Å². The summed E-state index contributed by atoms with van der Waals surface area (Å²) in [5.74, 6) is -1.33. The fourth-order valence-electron chi connectivity index (χ4n) is 1.41. The van der Waals surface area contributed by atoms with Crippen molar-refractivity contribution in [3.8, 4) is 0 Å². The molecule has 1 aliphatic rings. The monoisotopic (exact) mass is 189 g/mol. The summed E-state index contributed by atoms with van der Waals surface area (Å²) in [6, 6.07) is 6.87. The van der Waals surface area contributed by atoms with Crippen LogP contribution in [0, 0.1) is 0 Å². The molecule has 1 amide bonds. The van der Waals surface area contributed by atoms with Crippen molar-refractivity contribution in [3.63, 3.8) is 0 Å². The molecule has 1 aromatic rings. The largest absolute Gasteiger partial charge is 0.478 e. The van der Waals surface area contributed by atoms with Gasteiger partial charge in [0.25, 0.3) is 5.91 Å². The predicted octanol–water partition coefficient (Wildman–Crippen LogP) is 0.856. The van der Waals surface area contributed by atoms with Crippen LogP contribution in [0.3, 0.4) is 0 Å². The summed E-state index contributed by atoms with van der Waals surface area (Å²) in [7, 11) is 0. The molecule has 2 N–H and O–H groups in total. The van der Waals surface area contributed by atoms with E-state index in [1.807, 2.05) is 0 Å². The summed E-state index contributed by atoms with van der Waals surface area (Å²) in [5.41, 5.74) is 1.50. The Bertz CT molecular complexity index is 448. The predicted molar refractivity (Wildman–Crippen MR) is 49.5 cm³/mol. The maximum atomic E-state index is 11.3. The third kappa shape index (κ3) is 1.26. The van der Waals surface area contributed by atoms with Crippen molar-refractivity contribution in [3.05, 3.63) is 41.5 Å². The molecule has 4 nitrogen and oxygen atoms in total. The van der Waals surface area contributed by atoms with E-state index in [0.717, 1.165) is 6.08 Å². The van der Waals surface area contributed by atoms with Crippen molar-refractivity contribution in [1.29, 1.82) is 0 Å². The molecule has 0 fully saturated rings. The van der Waals surface area contributed by atoms with Gasteiger partial charge >= 0.3 is 5.97 Å². The van der Waals surface area contributed by atoms with Crippen molar-refractivity contribution in [1.82, 2.24) is 5.32 Å². The highest BCUT2D eigenvalue weighted by Crippen LogP contribution is 2.23. The Morgan fingerprint density at radius 2 is 1.93 bits per heavy atom. The van der Waals surface area contributed by atoms with E-state index in [1.54, 1.807) is 24.3 Å². The number of nitrogens with one attached hydrogen (secondary N) is 1. The van der Waals surface area contributed by atoms with Gasteiger partial charge in [-0.3, -0.25) is 4.79 Å². The zero-order chi connectivity index (χ0) is 10.1. The Balaban J connectivity index is 2.54. The molecule has 0 spiro atoms. The molecule has 70 valence electrons. The molecule has 2 rings (SSSR count). The number of amides is 1. The smallest absolute Gasteiger partial charge is 0.330 e. The summed E-state index contributed by atoms with van der Waals surface area (Å²) in [6.07, 6.45) is 0.990. The highest BCUT2D eigenvalue weighted by atomic mass is 16.4. The number of hydrogen-bond acceptors (Lipinski definition) is 2. The SMILES string of the molecule is O=C(O)C=C1NC(=O)c2ccccc21. The second-order valence-electron chi connectivity index (χ2n) is 2.90. The molecule has 0 aliphatic carbocycles. The summed E-state index contributed by atoms with van der Waals surface area (Å²) in [5, 5.41) is 11.1. The first-order valence-electron chi connectivity index (χ1n) is 4.04. The van der Waals surface area contributed by atoms with E-state index >= 15 is 0 Å². The molecule has 0 saturated carbocycles. The van der Waals surface area contributed by atoms with Gasteiger partial charge < -0.3 is 10.4 Å². The van der Waals surface area contributed by atoms with Crippen molar-refractivity contribution in [2.24, 2.45) is 0 Å². The zero-order valence-corrected chi connectivity index (χ0v) is 7.15. The molecule has 0 saturated heterocycles. The Morgan fingerprint density at radius 1 is 1.29 bits per heavy atom. The van der Waals surface area contributed by atoms with E-state index in [2.05, 4.69) is 5.32 Å². The summed E-state index contributed by atoms with van der Waals surface area (Å²) >= 11 is 0. The highest BCUT2D eigenvalue weighted by Gasteiger charge is 2.23. The molecular formula is C10H7NO3. The summed E-state index contributed by atoms with van der Waals surface area (Å²) < 4.78 is 0. The maximum Gasteiger partial charge on any atom is 0.330 e. The van der Waals surface area contributed by atoms with Crippen LogP contribution in [0.5, 0.6) is 0 Å². The van der Waals surface area contributed by atoms with Gasteiger partial charge in [0, 0.05) is 17.2 Å². The summed E-state index contributed by atoms with van der Waals surface area (Å²) in [4.78, 5) is 21.8. The number of rotatable bonds is 1. The van der Waals surface area contributed by atoms with Gasteiger partial charge in [-0.15, -0.1) is 0 Å². The van der Waals surface area contributed by atoms with Crippen molar-refractivity contribution in [2.75, 3.05) is 0 Å². The highest BCUT2D eigenvalue weighted by molar-refractivity contribution is 6.11. The molecule has 0 aromatic heterocycles. The van der Waals surface area contributed by atoms with E-state index in [1.165, 1.54) is 0 Å². The number of aliphatic carboxylic acids is 1. The minimum absolute atomic E-state index is 0.256. The Morgan fingerprint density at radius 3 is 2.57 bits per heavy atom. The molecule has 0 unspecified atom stereocenters. The lowest BCUT2D eigenvalue weighted by molar-refractivity contribution is -0.131. The molecule has 1 aliphatic heterocycles. The van der Waals surface area contributed by atoms with Gasteiger partial charge in [0.1, 0.15) is 0 Å². The zero-order valence-electron chi connectivity index (χ0n) is 7.15. The van der Waals surface area contributed by atoms with Crippen molar-refractivity contribution < 1.29 is 14.7 Å². The number of carboxylic acid groups (broad SMARTS) is 1. The van der Waals surface area contributed by atoms with Crippen LogP contribution in [0.4, 0.5) is 0 Å². The van der Waals surface area contributed by atoms with E-state index in [9.17, 15) is 9.59 Å². The van der Waals surface area contributed by atoms with Gasteiger partial charge in [-0.05, 0) is 6.07 Å². The Hall–Kier alpha value is -2.10. The fourth-order valence-corrected chi connectivity index (χ4v) is 1.41. The second kappa shape index (κ2) is 2.99. The average Bonchev–Trinajstić information content (AvgIpc) is 2.44. The van der Waals surface area contributed by atoms with Crippen LogP contribution in [-0.4, -0.2) is 17.0 Å². The minimum Gasteiger partial charge on any atom is -0.478 e. The third-order valence-electron chi connectivity index (χ3n) is 1.98. The Labute approximate surface area is 79.9 Å². The minimum atomic E-state index is -1.07. The van der Waals surface area contributed by atoms with E-state index in [0.29, 0.717) is 16.8 Å². The van der Waals surface area contributed by atoms with Crippen LogP contribution >= 0.6 is 0 Å². The second-order valence-corrected chi connectivity index (χ2v) is 2.90. The third-order valence-corrected chi connectivity index (χ3v) is 1.98. The van der Waals surface area contributed by atoms with Gasteiger partial charge in [-0.2, -0.15) is 0 Å². The van der Waals surface area contributed by atoms with Crippen LogP contribution in [0.1, 0.15) is 15.9 Å². The van der Waals surface area contributed by atoms with Gasteiger partial charge in [-0.25, -0.2) is 4.79 Å². The molecule has 1 heterocycles. The van der Waals surface area contributed by atoms with E-state index in [4.69, 9.17) is 5.11 Å². The Kier molecular flexibility index (Phi) is 1.81. The number of fused-ring (bicyclic) bond motifs is 1. The summed E-state index contributed by atoms with van der Waals surface area (Å²) in [6.45, 7) is 0. The fraction of sp³-hybridized carbons (Fsp3) is 0. The number of benzene rings is 1. The average molecular weight is 189 g/mol. The lowest BCUT2D eigenvalue weighted by Crippen LogP contribution is -2.12. The molecule has 4 heteroatoms. The van der Waals surface area contributed by atoms with Crippen molar-refractivity contribution in [2.45, 2.75) is 0 Å². The molecule has 0 radical (unpaired) electrons. The molecule has 0 atom stereocenters. The quantitative estimate of drug-likeness (QED) is 0.644. The molecule has 14 heavy (non-hydrogen) atoms. The first kappa shape index (κ1) is 8.50. The number of carbonyl (C=O) groups is 2. The van der Waals surface area contributed by atoms with Gasteiger partial charge in [0.2, 0.25) is 0 Å². The standard InChI is InChI=1S/C10H7NO3/c12-9(13)5-8-6-3-1-2-4-7(6)10(14)11-8/h1-5H,(H,11,14)(H,12,13). The van der Waals surface area contributed by atoms with Crippen molar-refractivity contribution >= 4 is 17.6 Å². The van der Waals surface area contributed by atoms with Gasteiger partial charge in [-0.1, -0.05) is 18.2 Å². The van der Waals surface area contributed by atoms with Crippen LogP contribution in [-0.2, 0) is 4.79 Å². The van der Waals surface area contributed by atoms with Crippen LogP contribution in [0.2, 0.25) is 0 Å². The van der Waals surface area contributed by atoms with Crippen LogP contribution < -0.4 is 5.32 Å². The van der Waals surface area contributed by atoms with Gasteiger partial charge in [0.15, 0.2) is 0 Å².